The van der Waals surface area contributed by atoms with Crippen molar-refractivity contribution in [1.82, 2.24) is 0 Å². The van der Waals surface area contributed by atoms with Gasteiger partial charge in [-0.25, -0.2) is 0 Å². The number of unbranched alkanes of at least 4 members (excludes halogenated alkanes) is 13. The monoisotopic (exact) mass is 336 g/mol. The van der Waals surface area contributed by atoms with Crippen molar-refractivity contribution < 1.29 is 4.79 Å². The van der Waals surface area contributed by atoms with Crippen LogP contribution in [0.3, 0.4) is 0 Å². The predicted octanol–water partition coefficient (Wildman–Crippen LogP) is 8.17. The molecule has 0 aliphatic rings. The van der Waals surface area contributed by atoms with Gasteiger partial charge in [-0.15, -0.1) is 0 Å². The molecule has 0 saturated carbocycles. The molecule has 0 radical (unpaired) electrons. The molecular weight excluding hydrogens is 292 g/mol. The second-order valence-corrected chi connectivity index (χ2v) is 7.33. The lowest BCUT2D eigenvalue weighted by Gasteiger charge is -2.02. The van der Waals surface area contributed by atoms with Crippen LogP contribution < -0.4 is 0 Å². The zero-order valence-corrected chi connectivity index (χ0v) is 16.8. The van der Waals surface area contributed by atoms with E-state index >= 15 is 0 Å². The SMILES string of the molecule is CCCCCC/C=C\CCC(=O)CCCCCCCCCCCC. The van der Waals surface area contributed by atoms with E-state index in [0.717, 1.165) is 25.7 Å². The third-order valence-electron chi connectivity index (χ3n) is 4.79. The van der Waals surface area contributed by atoms with Gasteiger partial charge in [0.05, 0.1) is 0 Å². The average Bonchev–Trinajstić information content (AvgIpc) is 2.59. The fraction of sp³-hybridized carbons (Fsp3) is 0.870. The van der Waals surface area contributed by atoms with Crippen molar-refractivity contribution >= 4 is 5.78 Å². The van der Waals surface area contributed by atoms with Gasteiger partial charge in [0.25, 0.3) is 0 Å². The molecule has 0 saturated heterocycles. The van der Waals surface area contributed by atoms with Gasteiger partial charge in [-0.3, -0.25) is 4.79 Å². The number of Topliss-reactive ketones (excluding diaryl/α,β-unsaturated/α-hetero) is 1. The molecule has 24 heavy (non-hydrogen) atoms. The number of carbonyl (C=O) groups is 1. The van der Waals surface area contributed by atoms with Gasteiger partial charge in [0.1, 0.15) is 5.78 Å². The summed E-state index contributed by atoms with van der Waals surface area (Å²) in [5, 5.41) is 0. The number of carbonyl (C=O) groups excluding carboxylic acids is 1. The first kappa shape index (κ1) is 23.4. The molecule has 0 fully saturated rings. The van der Waals surface area contributed by atoms with Crippen LogP contribution in [0.2, 0.25) is 0 Å². The van der Waals surface area contributed by atoms with Crippen molar-refractivity contribution in [2.45, 2.75) is 129 Å². The van der Waals surface area contributed by atoms with Crippen LogP contribution in [0.4, 0.5) is 0 Å². The minimum absolute atomic E-state index is 0.463. The molecule has 1 heteroatoms. The van der Waals surface area contributed by atoms with Gasteiger partial charge in [0.2, 0.25) is 0 Å². The van der Waals surface area contributed by atoms with E-state index in [1.54, 1.807) is 0 Å². The van der Waals surface area contributed by atoms with E-state index in [-0.39, 0.29) is 0 Å². The van der Waals surface area contributed by atoms with E-state index in [1.165, 1.54) is 89.9 Å². The molecule has 0 aromatic heterocycles. The smallest absolute Gasteiger partial charge is 0.133 e. The summed E-state index contributed by atoms with van der Waals surface area (Å²) in [6, 6.07) is 0. The molecule has 0 aliphatic carbocycles. The Morgan fingerprint density at radius 3 is 1.58 bits per heavy atom. The highest BCUT2D eigenvalue weighted by Crippen LogP contribution is 2.12. The highest BCUT2D eigenvalue weighted by atomic mass is 16.1. The molecule has 0 amide bonds. The molecule has 1 nitrogen and oxygen atoms in total. The molecule has 0 unspecified atom stereocenters. The summed E-state index contributed by atoms with van der Waals surface area (Å²) >= 11 is 0. The van der Waals surface area contributed by atoms with Crippen molar-refractivity contribution in [3.8, 4) is 0 Å². The van der Waals surface area contributed by atoms with Gasteiger partial charge in [0.15, 0.2) is 0 Å². The van der Waals surface area contributed by atoms with E-state index in [0.29, 0.717) is 5.78 Å². The highest BCUT2D eigenvalue weighted by molar-refractivity contribution is 5.78. The molecule has 142 valence electrons. The molecule has 0 N–H and O–H groups in total. The van der Waals surface area contributed by atoms with E-state index in [4.69, 9.17) is 0 Å². The van der Waals surface area contributed by atoms with E-state index in [2.05, 4.69) is 26.0 Å². The molecule has 0 aromatic rings. The van der Waals surface area contributed by atoms with Crippen LogP contribution in [0.15, 0.2) is 12.2 Å². The van der Waals surface area contributed by atoms with Gasteiger partial charge < -0.3 is 0 Å². The Kier molecular flexibility index (Phi) is 20.0. The van der Waals surface area contributed by atoms with Crippen molar-refractivity contribution in [1.29, 1.82) is 0 Å². The van der Waals surface area contributed by atoms with Crippen molar-refractivity contribution in [3.05, 3.63) is 12.2 Å². The van der Waals surface area contributed by atoms with Crippen LogP contribution in [0, 0.1) is 0 Å². The average molecular weight is 337 g/mol. The zero-order valence-electron chi connectivity index (χ0n) is 16.8. The van der Waals surface area contributed by atoms with Gasteiger partial charge in [-0.1, -0.05) is 103 Å². The Labute approximate surface area is 152 Å². The largest absolute Gasteiger partial charge is 0.300 e. The number of ketones is 1. The summed E-state index contributed by atoms with van der Waals surface area (Å²) in [4.78, 5) is 11.8. The molecule has 0 bridgehead atoms. The minimum atomic E-state index is 0.463. The van der Waals surface area contributed by atoms with E-state index in [9.17, 15) is 4.79 Å². The van der Waals surface area contributed by atoms with Crippen molar-refractivity contribution in [2.24, 2.45) is 0 Å². The topological polar surface area (TPSA) is 17.1 Å². The highest BCUT2D eigenvalue weighted by Gasteiger charge is 2.00. The maximum atomic E-state index is 11.8. The summed E-state index contributed by atoms with van der Waals surface area (Å²) < 4.78 is 0. The van der Waals surface area contributed by atoms with E-state index < -0.39 is 0 Å². The minimum Gasteiger partial charge on any atom is -0.300 e. The second kappa shape index (κ2) is 20.5. The molecule has 0 rings (SSSR count). The second-order valence-electron chi connectivity index (χ2n) is 7.33. The third kappa shape index (κ3) is 19.5. The number of rotatable bonds is 19. The maximum Gasteiger partial charge on any atom is 0.133 e. The molecule has 0 heterocycles. The lowest BCUT2D eigenvalue weighted by Crippen LogP contribution is -1.96. The number of hydrogen-bond donors (Lipinski definition) is 0. The molecule has 0 aromatic carbocycles. The fourth-order valence-electron chi connectivity index (χ4n) is 3.10. The third-order valence-corrected chi connectivity index (χ3v) is 4.79. The van der Waals surface area contributed by atoms with Crippen LogP contribution in [0.5, 0.6) is 0 Å². The molecule has 0 spiro atoms. The fourth-order valence-corrected chi connectivity index (χ4v) is 3.10. The van der Waals surface area contributed by atoms with Crippen LogP contribution in [0.1, 0.15) is 129 Å². The number of allylic oxidation sites excluding steroid dienone is 2. The van der Waals surface area contributed by atoms with Crippen LogP contribution in [0.25, 0.3) is 0 Å². The lowest BCUT2D eigenvalue weighted by atomic mass is 10.0. The maximum absolute atomic E-state index is 11.8. The lowest BCUT2D eigenvalue weighted by molar-refractivity contribution is -0.119. The van der Waals surface area contributed by atoms with E-state index in [1.807, 2.05) is 0 Å². The summed E-state index contributed by atoms with van der Waals surface area (Å²) in [7, 11) is 0. The summed E-state index contributed by atoms with van der Waals surface area (Å²) in [5.74, 6) is 0.463. The van der Waals surface area contributed by atoms with Crippen LogP contribution in [-0.4, -0.2) is 5.78 Å². The normalized spacial score (nSPS) is 11.4. The van der Waals surface area contributed by atoms with Crippen molar-refractivity contribution in [2.75, 3.05) is 0 Å². The Bertz CT molecular complexity index is 280. The van der Waals surface area contributed by atoms with Gasteiger partial charge in [-0.05, 0) is 25.7 Å². The molecule has 0 atom stereocenters. The quantitative estimate of drug-likeness (QED) is 0.172. The zero-order chi connectivity index (χ0) is 17.7. The van der Waals surface area contributed by atoms with Gasteiger partial charge in [-0.2, -0.15) is 0 Å². The Balaban J connectivity index is 3.22. The van der Waals surface area contributed by atoms with Gasteiger partial charge >= 0.3 is 0 Å². The first-order chi connectivity index (χ1) is 11.8. The summed E-state index contributed by atoms with van der Waals surface area (Å²) in [6.07, 6.45) is 26.9. The predicted molar refractivity (Wildman–Crippen MR) is 109 cm³/mol. The van der Waals surface area contributed by atoms with Crippen molar-refractivity contribution in [3.63, 3.8) is 0 Å². The summed E-state index contributed by atoms with van der Waals surface area (Å²) in [6.45, 7) is 4.52. The molecule has 0 aliphatic heterocycles. The first-order valence-corrected chi connectivity index (χ1v) is 11.0. The van der Waals surface area contributed by atoms with Gasteiger partial charge in [0, 0.05) is 12.8 Å². The Morgan fingerprint density at radius 1 is 0.542 bits per heavy atom. The Hall–Kier alpha value is -0.590. The Morgan fingerprint density at radius 2 is 1.00 bits per heavy atom. The van der Waals surface area contributed by atoms with Crippen LogP contribution in [-0.2, 0) is 4.79 Å². The molecular formula is C23H44O. The first-order valence-electron chi connectivity index (χ1n) is 11.0. The standard InChI is InChI=1S/C23H44O/c1-3-5-7-9-11-13-14-16-18-20-22-23(24)21-19-17-15-12-10-8-6-4-2/h15,17H,3-14,16,18-22H2,1-2H3/b17-15-. The van der Waals surface area contributed by atoms with Crippen LogP contribution >= 0.6 is 0 Å². The summed E-state index contributed by atoms with van der Waals surface area (Å²) in [5.41, 5.74) is 0. The number of hydrogen-bond acceptors (Lipinski definition) is 1.